The Morgan fingerprint density at radius 3 is 2.00 bits per heavy atom. The molecule has 0 aromatic rings. The second kappa shape index (κ2) is 6.47. The summed E-state index contributed by atoms with van der Waals surface area (Å²) in [4.78, 5) is 0. The highest BCUT2D eigenvalue weighted by molar-refractivity contribution is 4.63. The van der Waals surface area contributed by atoms with Gasteiger partial charge in [0.2, 0.25) is 0 Å². The predicted molar refractivity (Wildman–Crippen MR) is 56.4 cm³/mol. The zero-order chi connectivity index (χ0) is 9.56. The third-order valence-electron chi connectivity index (χ3n) is 2.53. The molecular formula is C11H25N. The monoisotopic (exact) mass is 171 g/mol. The molecule has 1 unspecified atom stereocenters. The van der Waals surface area contributed by atoms with E-state index in [1.54, 1.807) is 0 Å². The van der Waals surface area contributed by atoms with Gasteiger partial charge in [0.15, 0.2) is 0 Å². The van der Waals surface area contributed by atoms with E-state index in [2.05, 4.69) is 39.9 Å². The summed E-state index contributed by atoms with van der Waals surface area (Å²) in [5.74, 6) is 1.74. The van der Waals surface area contributed by atoms with Crippen LogP contribution < -0.4 is 5.32 Å². The van der Waals surface area contributed by atoms with Crippen LogP contribution in [0.5, 0.6) is 0 Å². The van der Waals surface area contributed by atoms with Crippen LogP contribution in [-0.4, -0.2) is 12.6 Å². The van der Waals surface area contributed by atoms with Crippen LogP contribution in [0.1, 0.15) is 47.5 Å². The number of hydrogen-bond acceptors (Lipinski definition) is 1. The Morgan fingerprint density at radius 2 is 1.67 bits per heavy atom. The maximum Gasteiger partial charge on any atom is 0.00103 e. The lowest BCUT2D eigenvalue weighted by Gasteiger charge is -2.19. The fourth-order valence-electron chi connectivity index (χ4n) is 1.57. The maximum absolute atomic E-state index is 3.47. The first-order valence-electron chi connectivity index (χ1n) is 5.31. The van der Waals surface area contributed by atoms with Gasteiger partial charge in [0.25, 0.3) is 0 Å². The van der Waals surface area contributed by atoms with E-state index in [9.17, 15) is 0 Å². The van der Waals surface area contributed by atoms with E-state index in [0.29, 0.717) is 6.04 Å². The highest BCUT2D eigenvalue weighted by Crippen LogP contribution is 2.17. The molecule has 74 valence electrons. The molecule has 1 heteroatoms. The SMILES string of the molecule is CCC(CCNC(C)C)C(C)C. The molecule has 1 N–H and O–H groups in total. The Labute approximate surface area is 77.9 Å². The van der Waals surface area contributed by atoms with Gasteiger partial charge in [-0.05, 0) is 24.8 Å². The van der Waals surface area contributed by atoms with Crippen LogP contribution in [0.15, 0.2) is 0 Å². The van der Waals surface area contributed by atoms with E-state index in [0.717, 1.165) is 11.8 Å². The van der Waals surface area contributed by atoms with Crippen molar-refractivity contribution in [2.75, 3.05) is 6.54 Å². The molecule has 0 amide bonds. The van der Waals surface area contributed by atoms with Crippen LogP contribution in [0.25, 0.3) is 0 Å². The molecule has 1 nitrogen and oxygen atoms in total. The van der Waals surface area contributed by atoms with E-state index in [4.69, 9.17) is 0 Å². The fraction of sp³-hybridized carbons (Fsp3) is 1.00. The van der Waals surface area contributed by atoms with Crippen LogP contribution in [0.2, 0.25) is 0 Å². The summed E-state index contributed by atoms with van der Waals surface area (Å²) in [6.07, 6.45) is 2.64. The van der Waals surface area contributed by atoms with Crippen molar-refractivity contribution in [1.29, 1.82) is 0 Å². The molecular weight excluding hydrogens is 146 g/mol. The van der Waals surface area contributed by atoms with Crippen molar-refractivity contribution in [2.45, 2.75) is 53.5 Å². The van der Waals surface area contributed by atoms with Gasteiger partial charge in [0.1, 0.15) is 0 Å². The first-order valence-corrected chi connectivity index (χ1v) is 5.31. The summed E-state index contributed by atoms with van der Waals surface area (Å²) in [5.41, 5.74) is 0. The summed E-state index contributed by atoms with van der Waals surface area (Å²) in [5, 5.41) is 3.47. The minimum Gasteiger partial charge on any atom is -0.315 e. The number of rotatable bonds is 6. The van der Waals surface area contributed by atoms with Crippen molar-refractivity contribution in [2.24, 2.45) is 11.8 Å². The van der Waals surface area contributed by atoms with Gasteiger partial charge < -0.3 is 5.32 Å². The Bertz CT molecular complexity index is 97.2. The van der Waals surface area contributed by atoms with Gasteiger partial charge in [0, 0.05) is 6.04 Å². The molecule has 0 aromatic carbocycles. The van der Waals surface area contributed by atoms with Gasteiger partial charge in [-0.25, -0.2) is 0 Å². The molecule has 0 heterocycles. The van der Waals surface area contributed by atoms with Crippen LogP contribution in [0, 0.1) is 11.8 Å². The van der Waals surface area contributed by atoms with Gasteiger partial charge in [-0.2, -0.15) is 0 Å². The zero-order valence-corrected chi connectivity index (χ0v) is 9.35. The Balaban J connectivity index is 3.45. The largest absolute Gasteiger partial charge is 0.315 e. The second-order valence-electron chi connectivity index (χ2n) is 4.31. The van der Waals surface area contributed by atoms with Crippen molar-refractivity contribution in [3.63, 3.8) is 0 Å². The molecule has 0 aliphatic rings. The van der Waals surface area contributed by atoms with Crippen molar-refractivity contribution < 1.29 is 0 Å². The molecule has 0 saturated heterocycles. The van der Waals surface area contributed by atoms with Gasteiger partial charge in [-0.3, -0.25) is 0 Å². The average molecular weight is 171 g/mol. The van der Waals surface area contributed by atoms with Crippen molar-refractivity contribution in [3.05, 3.63) is 0 Å². The lowest BCUT2D eigenvalue weighted by Crippen LogP contribution is -2.26. The first-order chi connectivity index (χ1) is 5.57. The highest BCUT2D eigenvalue weighted by atomic mass is 14.9. The molecule has 12 heavy (non-hydrogen) atoms. The summed E-state index contributed by atoms with van der Waals surface area (Å²) in [7, 11) is 0. The zero-order valence-electron chi connectivity index (χ0n) is 9.35. The molecule has 0 aliphatic heterocycles. The van der Waals surface area contributed by atoms with Crippen LogP contribution in [0.4, 0.5) is 0 Å². The minimum atomic E-state index is 0.634. The topological polar surface area (TPSA) is 12.0 Å². The molecule has 1 atom stereocenters. The van der Waals surface area contributed by atoms with E-state index in [1.165, 1.54) is 19.4 Å². The van der Waals surface area contributed by atoms with Gasteiger partial charge in [-0.15, -0.1) is 0 Å². The van der Waals surface area contributed by atoms with Crippen LogP contribution >= 0.6 is 0 Å². The Kier molecular flexibility index (Phi) is 6.45. The van der Waals surface area contributed by atoms with Crippen LogP contribution in [0.3, 0.4) is 0 Å². The van der Waals surface area contributed by atoms with Gasteiger partial charge in [-0.1, -0.05) is 41.0 Å². The molecule has 0 saturated carbocycles. The quantitative estimate of drug-likeness (QED) is 0.647. The highest BCUT2D eigenvalue weighted by Gasteiger charge is 2.09. The molecule has 0 aliphatic carbocycles. The second-order valence-corrected chi connectivity index (χ2v) is 4.31. The van der Waals surface area contributed by atoms with E-state index in [1.807, 2.05) is 0 Å². The number of hydrogen-bond donors (Lipinski definition) is 1. The molecule has 0 radical (unpaired) electrons. The summed E-state index contributed by atoms with van der Waals surface area (Å²) >= 11 is 0. The van der Waals surface area contributed by atoms with Gasteiger partial charge in [0.05, 0.1) is 0 Å². The molecule has 0 aromatic heterocycles. The van der Waals surface area contributed by atoms with E-state index < -0.39 is 0 Å². The van der Waals surface area contributed by atoms with Crippen molar-refractivity contribution in [1.82, 2.24) is 5.32 Å². The molecule has 0 bridgehead atoms. The van der Waals surface area contributed by atoms with E-state index in [-0.39, 0.29) is 0 Å². The summed E-state index contributed by atoms with van der Waals surface area (Å²) < 4.78 is 0. The summed E-state index contributed by atoms with van der Waals surface area (Å²) in [6.45, 7) is 12.5. The summed E-state index contributed by atoms with van der Waals surface area (Å²) in [6, 6.07) is 0.634. The molecule has 0 fully saturated rings. The smallest absolute Gasteiger partial charge is 0.00103 e. The predicted octanol–water partition coefficient (Wildman–Crippen LogP) is 3.06. The number of nitrogens with one attached hydrogen (secondary N) is 1. The average Bonchev–Trinajstić information content (AvgIpc) is 1.96. The minimum absolute atomic E-state index is 0.634. The first kappa shape index (κ1) is 12.0. The Morgan fingerprint density at radius 1 is 1.08 bits per heavy atom. The maximum atomic E-state index is 3.47. The molecule has 0 spiro atoms. The fourth-order valence-corrected chi connectivity index (χ4v) is 1.57. The van der Waals surface area contributed by atoms with Crippen molar-refractivity contribution >= 4 is 0 Å². The normalized spacial score (nSPS) is 14.2. The van der Waals surface area contributed by atoms with E-state index >= 15 is 0 Å². The Hall–Kier alpha value is -0.0400. The van der Waals surface area contributed by atoms with Crippen LogP contribution in [-0.2, 0) is 0 Å². The lowest BCUT2D eigenvalue weighted by molar-refractivity contribution is 0.338. The lowest BCUT2D eigenvalue weighted by atomic mass is 9.90. The molecule has 0 rings (SSSR count). The van der Waals surface area contributed by atoms with Crippen molar-refractivity contribution in [3.8, 4) is 0 Å². The standard InChI is InChI=1S/C11H25N/c1-6-11(9(2)3)7-8-12-10(4)5/h9-12H,6-8H2,1-5H3. The van der Waals surface area contributed by atoms with Gasteiger partial charge >= 0.3 is 0 Å². The third kappa shape index (κ3) is 5.59. The third-order valence-corrected chi connectivity index (χ3v) is 2.53.